The lowest BCUT2D eigenvalue weighted by Crippen LogP contribution is -2.15. The fraction of sp³-hybridized carbons (Fsp3) is 0.0588. The number of nitrogens with zero attached hydrogens (tertiary/aromatic N) is 2. The van der Waals surface area contributed by atoms with Crippen molar-refractivity contribution < 1.29 is 13.9 Å². The third kappa shape index (κ3) is 4.37. The highest BCUT2D eigenvalue weighted by Gasteiger charge is 2.12. The first-order chi connectivity index (χ1) is 12.0. The average Bonchev–Trinajstić information content (AvgIpc) is 3.05. The Bertz CT molecular complexity index is 916. The molecule has 0 fully saturated rings. The van der Waals surface area contributed by atoms with Crippen LogP contribution in [0.1, 0.15) is 10.5 Å². The highest BCUT2D eigenvalue weighted by molar-refractivity contribution is 9.10. The summed E-state index contributed by atoms with van der Waals surface area (Å²) in [5.41, 5.74) is 0.255. The van der Waals surface area contributed by atoms with Crippen molar-refractivity contribution in [3.05, 3.63) is 75.7 Å². The first-order valence-corrected chi connectivity index (χ1v) is 8.37. The number of para-hydroxylation sites is 1. The summed E-state index contributed by atoms with van der Waals surface area (Å²) in [6.07, 6.45) is 1.60. The van der Waals surface area contributed by atoms with Gasteiger partial charge >= 0.3 is 0 Å². The van der Waals surface area contributed by atoms with Crippen LogP contribution in [-0.2, 0) is 6.73 Å². The van der Waals surface area contributed by atoms with Crippen LogP contribution in [0.5, 0.6) is 5.75 Å². The number of amides is 1. The molecule has 0 aliphatic heterocycles. The Morgan fingerprint density at radius 3 is 2.84 bits per heavy atom. The van der Waals surface area contributed by atoms with Crippen LogP contribution in [0.15, 0.2) is 59.2 Å². The first-order valence-electron chi connectivity index (χ1n) is 7.20. The summed E-state index contributed by atoms with van der Waals surface area (Å²) in [7, 11) is 0. The Labute approximate surface area is 156 Å². The number of rotatable bonds is 5. The minimum atomic E-state index is -0.508. The van der Waals surface area contributed by atoms with Gasteiger partial charge in [0.05, 0.1) is 10.2 Å². The number of hydrogen-bond acceptors (Lipinski definition) is 3. The largest absolute Gasteiger partial charge is 0.470 e. The van der Waals surface area contributed by atoms with E-state index < -0.39 is 11.7 Å². The maximum absolute atomic E-state index is 13.6. The molecule has 0 radical (unpaired) electrons. The van der Waals surface area contributed by atoms with Crippen molar-refractivity contribution in [3.8, 4) is 5.75 Å². The summed E-state index contributed by atoms with van der Waals surface area (Å²) in [5, 5.41) is 7.18. The van der Waals surface area contributed by atoms with Crippen molar-refractivity contribution in [3.63, 3.8) is 0 Å². The Morgan fingerprint density at radius 1 is 1.28 bits per heavy atom. The molecule has 0 spiro atoms. The minimum absolute atomic E-state index is 0.100. The van der Waals surface area contributed by atoms with E-state index in [9.17, 15) is 9.18 Å². The lowest BCUT2D eigenvalue weighted by Gasteiger charge is -2.08. The number of anilines is 1. The van der Waals surface area contributed by atoms with E-state index in [2.05, 4.69) is 26.3 Å². The van der Waals surface area contributed by atoms with Gasteiger partial charge in [-0.05, 0) is 52.3 Å². The second-order valence-corrected chi connectivity index (χ2v) is 6.31. The monoisotopic (exact) mass is 423 g/mol. The second kappa shape index (κ2) is 7.67. The van der Waals surface area contributed by atoms with Crippen LogP contribution in [0.3, 0.4) is 0 Å². The highest BCUT2D eigenvalue weighted by atomic mass is 79.9. The Morgan fingerprint density at radius 2 is 2.08 bits per heavy atom. The summed E-state index contributed by atoms with van der Waals surface area (Å²) in [4.78, 5) is 12.1. The number of ether oxygens (including phenoxy) is 1. The molecule has 0 aliphatic carbocycles. The minimum Gasteiger partial charge on any atom is -0.470 e. The van der Waals surface area contributed by atoms with Gasteiger partial charge in [0.1, 0.15) is 11.6 Å². The van der Waals surface area contributed by atoms with Gasteiger partial charge in [-0.25, -0.2) is 9.07 Å². The Hall–Kier alpha value is -2.38. The first kappa shape index (κ1) is 17.4. The zero-order valence-electron chi connectivity index (χ0n) is 12.7. The predicted molar refractivity (Wildman–Crippen MR) is 96.4 cm³/mol. The number of aromatic nitrogens is 2. The van der Waals surface area contributed by atoms with E-state index in [4.69, 9.17) is 16.3 Å². The van der Waals surface area contributed by atoms with Gasteiger partial charge in [-0.3, -0.25) is 4.79 Å². The Balaban J connectivity index is 1.64. The summed E-state index contributed by atoms with van der Waals surface area (Å²) >= 11 is 9.23. The quantitative estimate of drug-likeness (QED) is 0.644. The van der Waals surface area contributed by atoms with Crippen LogP contribution in [-0.4, -0.2) is 15.7 Å². The molecule has 0 saturated heterocycles. The molecule has 25 heavy (non-hydrogen) atoms. The molecule has 0 atom stereocenters. The molecule has 0 saturated carbocycles. The summed E-state index contributed by atoms with van der Waals surface area (Å²) in [6, 6.07) is 12.6. The molecule has 3 aromatic rings. The fourth-order valence-corrected chi connectivity index (χ4v) is 2.83. The summed E-state index contributed by atoms with van der Waals surface area (Å²) in [6.45, 7) is 0.104. The number of halogens is 3. The molecule has 8 heteroatoms. The van der Waals surface area contributed by atoms with Crippen LogP contribution >= 0.6 is 27.5 Å². The van der Waals surface area contributed by atoms with E-state index in [1.165, 1.54) is 22.9 Å². The lowest BCUT2D eigenvalue weighted by atomic mass is 10.3. The van der Waals surface area contributed by atoms with Crippen molar-refractivity contribution in [2.75, 3.05) is 5.32 Å². The molecule has 1 N–H and O–H groups in total. The van der Waals surface area contributed by atoms with Gasteiger partial charge in [0, 0.05) is 11.2 Å². The van der Waals surface area contributed by atoms with Gasteiger partial charge in [-0.1, -0.05) is 23.7 Å². The predicted octanol–water partition coefficient (Wildman–Crippen LogP) is 4.73. The van der Waals surface area contributed by atoms with Crippen molar-refractivity contribution in [1.82, 2.24) is 9.78 Å². The normalized spacial score (nSPS) is 10.5. The number of carbonyl (C=O) groups is 1. The molecule has 3 rings (SSSR count). The highest BCUT2D eigenvalue weighted by Crippen LogP contribution is 2.28. The number of hydrogen-bond donors (Lipinski definition) is 1. The van der Waals surface area contributed by atoms with Gasteiger partial charge in [0.25, 0.3) is 5.91 Å². The molecule has 1 amide bonds. The fourth-order valence-electron chi connectivity index (χ4n) is 2.03. The number of nitrogens with one attached hydrogen (secondary N) is 1. The van der Waals surface area contributed by atoms with Gasteiger partial charge in [0.15, 0.2) is 12.4 Å². The standard InChI is InChI=1S/C17H12BrClFN3O2/c18-12-9-11(19)5-6-16(12)25-10-23-8-7-15(22-23)17(24)21-14-4-2-1-3-13(14)20/h1-9H,10H2,(H,21,24). The molecular formula is C17H12BrClFN3O2. The van der Waals surface area contributed by atoms with Crippen LogP contribution in [0.4, 0.5) is 10.1 Å². The Kier molecular flexibility index (Phi) is 5.35. The third-order valence-corrected chi connectivity index (χ3v) is 4.10. The zero-order valence-corrected chi connectivity index (χ0v) is 15.1. The van der Waals surface area contributed by atoms with Crippen molar-refractivity contribution >= 4 is 39.1 Å². The van der Waals surface area contributed by atoms with Gasteiger partial charge in [-0.15, -0.1) is 0 Å². The van der Waals surface area contributed by atoms with Crippen LogP contribution in [0, 0.1) is 5.82 Å². The average molecular weight is 425 g/mol. The smallest absolute Gasteiger partial charge is 0.276 e. The zero-order chi connectivity index (χ0) is 17.8. The molecule has 5 nitrogen and oxygen atoms in total. The van der Waals surface area contributed by atoms with Gasteiger partial charge < -0.3 is 10.1 Å². The van der Waals surface area contributed by atoms with E-state index >= 15 is 0 Å². The van der Waals surface area contributed by atoms with E-state index in [0.717, 1.165) is 0 Å². The second-order valence-electron chi connectivity index (χ2n) is 5.02. The number of carbonyl (C=O) groups excluding carboxylic acids is 1. The number of benzene rings is 2. The molecule has 1 aromatic heterocycles. The molecule has 0 aliphatic rings. The molecule has 1 heterocycles. The maximum atomic E-state index is 13.6. The topological polar surface area (TPSA) is 56.2 Å². The van der Waals surface area contributed by atoms with Crippen LogP contribution in [0.2, 0.25) is 5.02 Å². The maximum Gasteiger partial charge on any atom is 0.276 e. The van der Waals surface area contributed by atoms with Crippen molar-refractivity contribution in [2.45, 2.75) is 6.73 Å². The van der Waals surface area contributed by atoms with E-state index in [1.807, 2.05) is 0 Å². The van der Waals surface area contributed by atoms with Crippen molar-refractivity contribution in [1.29, 1.82) is 0 Å². The van der Waals surface area contributed by atoms with E-state index in [-0.39, 0.29) is 18.1 Å². The van der Waals surface area contributed by atoms with Crippen LogP contribution in [0.25, 0.3) is 0 Å². The molecule has 0 bridgehead atoms. The van der Waals surface area contributed by atoms with Gasteiger partial charge in [-0.2, -0.15) is 5.10 Å². The van der Waals surface area contributed by atoms with E-state index in [1.54, 1.807) is 36.5 Å². The molecule has 128 valence electrons. The molecule has 2 aromatic carbocycles. The summed E-state index contributed by atoms with van der Waals surface area (Å²) < 4.78 is 21.4. The molecular weight excluding hydrogens is 413 g/mol. The van der Waals surface area contributed by atoms with E-state index in [0.29, 0.717) is 15.2 Å². The van der Waals surface area contributed by atoms with Gasteiger partial charge in [0.2, 0.25) is 0 Å². The third-order valence-electron chi connectivity index (χ3n) is 3.24. The van der Waals surface area contributed by atoms with Crippen molar-refractivity contribution in [2.24, 2.45) is 0 Å². The lowest BCUT2D eigenvalue weighted by molar-refractivity contribution is 0.101. The molecule has 0 unspecified atom stereocenters. The summed E-state index contributed by atoms with van der Waals surface area (Å²) in [5.74, 6) is -0.417. The van der Waals surface area contributed by atoms with Crippen LogP contribution < -0.4 is 10.1 Å². The SMILES string of the molecule is O=C(Nc1ccccc1F)c1ccn(COc2ccc(Cl)cc2Br)n1.